The number of carbonyl (C=O) groups excluding carboxylic acids is 2. The molecule has 0 aliphatic carbocycles. The van der Waals surface area contributed by atoms with Gasteiger partial charge in [-0.15, -0.1) is 0 Å². The van der Waals surface area contributed by atoms with E-state index in [9.17, 15) is 9.59 Å². The Bertz CT molecular complexity index is 1070. The van der Waals surface area contributed by atoms with Gasteiger partial charge < -0.3 is 20.1 Å². The zero-order chi connectivity index (χ0) is 23.6. The number of amides is 2. The first-order chi connectivity index (χ1) is 16.0. The Hall–Kier alpha value is -3.51. The average molecular weight is 467 g/mol. The molecule has 0 aliphatic heterocycles. The van der Waals surface area contributed by atoms with E-state index in [2.05, 4.69) is 10.6 Å². The summed E-state index contributed by atoms with van der Waals surface area (Å²) in [5, 5.41) is 6.28. The predicted molar refractivity (Wildman–Crippen MR) is 129 cm³/mol. The van der Waals surface area contributed by atoms with Gasteiger partial charge in [0.2, 0.25) is 5.91 Å². The van der Waals surface area contributed by atoms with Gasteiger partial charge in [-0.3, -0.25) is 9.59 Å². The largest absolute Gasteiger partial charge is 0.493 e. The summed E-state index contributed by atoms with van der Waals surface area (Å²) in [5.74, 6) is 0.539. The Kier molecular flexibility index (Phi) is 8.72. The van der Waals surface area contributed by atoms with Crippen molar-refractivity contribution in [1.82, 2.24) is 10.6 Å². The molecule has 7 heteroatoms. The number of ether oxygens (including phenoxy) is 2. The molecule has 2 amide bonds. The van der Waals surface area contributed by atoms with Gasteiger partial charge in [0.15, 0.2) is 11.5 Å². The number of hydrogen-bond acceptors (Lipinski definition) is 4. The van der Waals surface area contributed by atoms with Gasteiger partial charge >= 0.3 is 0 Å². The Morgan fingerprint density at radius 2 is 1.67 bits per heavy atom. The lowest BCUT2D eigenvalue weighted by Gasteiger charge is -2.19. The number of halogens is 1. The first-order valence-electron chi connectivity index (χ1n) is 10.7. The summed E-state index contributed by atoms with van der Waals surface area (Å²) in [5.41, 5.74) is 2.16. The SMILES string of the molecule is CCOc1c(Cl)cc(CNC(=O)CC(NC(=O)c2ccccc2)c2ccccc2)cc1OC. The molecule has 0 heterocycles. The van der Waals surface area contributed by atoms with Gasteiger partial charge in [0.05, 0.1) is 31.2 Å². The molecule has 0 radical (unpaired) electrons. The maximum atomic E-state index is 12.8. The Balaban J connectivity index is 1.69. The fourth-order valence-corrected chi connectivity index (χ4v) is 3.67. The highest BCUT2D eigenvalue weighted by atomic mass is 35.5. The summed E-state index contributed by atoms with van der Waals surface area (Å²) in [6, 6.07) is 21.4. The van der Waals surface area contributed by atoms with Crippen LogP contribution in [-0.4, -0.2) is 25.5 Å². The van der Waals surface area contributed by atoms with Crippen molar-refractivity contribution in [3.8, 4) is 11.5 Å². The minimum Gasteiger partial charge on any atom is -0.493 e. The molecule has 0 saturated heterocycles. The summed E-state index contributed by atoms with van der Waals surface area (Å²) in [6.07, 6.45) is 0.0878. The van der Waals surface area contributed by atoms with Gasteiger partial charge in [-0.1, -0.05) is 60.1 Å². The topological polar surface area (TPSA) is 76.7 Å². The van der Waals surface area contributed by atoms with E-state index in [0.29, 0.717) is 28.7 Å². The van der Waals surface area contributed by atoms with E-state index >= 15 is 0 Å². The van der Waals surface area contributed by atoms with Crippen LogP contribution in [0.15, 0.2) is 72.8 Å². The predicted octanol–water partition coefficient (Wildman–Crippen LogP) is 4.92. The van der Waals surface area contributed by atoms with Gasteiger partial charge in [0.25, 0.3) is 5.91 Å². The van der Waals surface area contributed by atoms with Crippen molar-refractivity contribution >= 4 is 23.4 Å². The number of carbonyl (C=O) groups is 2. The van der Waals surface area contributed by atoms with Gasteiger partial charge in [-0.05, 0) is 42.3 Å². The van der Waals surface area contributed by atoms with Crippen LogP contribution in [0.3, 0.4) is 0 Å². The van der Waals surface area contributed by atoms with Crippen molar-refractivity contribution < 1.29 is 19.1 Å². The fourth-order valence-electron chi connectivity index (χ4n) is 3.39. The molecule has 3 rings (SSSR count). The highest BCUT2D eigenvalue weighted by molar-refractivity contribution is 6.32. The fraction of sp³-hybridized carbons (Fsp3) is 0.231. The maximum absolute atomic E-state index is 12.8. The third kappa shape index (κ3) is 6.73. The zero-order valence-electron chi connectivity index (χ0n) is 18.6. The van der Waals surface area contributed by atoms with E-state index in [-0.39, 0.29) is 24.8 Å². The second-order valence-corrected chi connectivity index (χ2v) is 7.73. The van der Waals surface area contributed by atoms with Crippen LogP contribution in [0.5, 0.6) is 11.5 Å². The molecule has 3 aromatic rings. The van der Waals surface area contributed by atoms with Gasteiger partial charge in [0.1, 0.15) is 0 Å². The molecule has 3 aromatic carbocycles. The molecule has 1 atom stereocenters. The van der Waals surface area contributed by atoms with E-state index in [0.717, 1.165) is 11.1 Å². The molecular weight excluding hydrogens is 440 g/mol. The molecule has 6 nitrogen and oxygen atoms in total. The van der Waals surface area contributed by atoms with E-state index in [1.54, 1.807) is 36.4 Å². The molecular formula is C26H27ClN2O4. The van der Waals surface area contributed by atoms with Crippen molar-refractivity contribution in [3.05, 3.63) is 94.5 Å². The van der Waals surface area contributed by atoms with Crippen LogP contribution in [0.4, 0.5) is 0 Å². The second-order valence-electron chi connectivity index (χ2n) is 7.33. The van der Waals surface area contributed by atoms with Crippen molar-refractivity contribution in [3.63, 3.8) is 0 Å². The number of benzene rings is 3. The first kappa shape index (κ1) is 24.1. The highest BCUT2D eigenvalue weighted by Crippen LogP contribution is 2.36. The first-order valence-corrected chi connectivity index (χ1v) is 11.1. The van der Waals surface area contributed by atoms with E-state index in [1.807, 2.05) is 43.3 Å². The average Bonchev–Trinajstić information content (AvgIpc) is 2.84. The summed E-state index contributed by atoms with van der Waals surface area (Å²) < 4.78 is 10.9. The maximum Gasteiger partial charge on any atom is 0.251 e. The smallest absolute Gasteiger partial charge is 0.251 e. The Morgan fingerprint density at radius 3 is 2.30 bits per heavy atom. The molecule has 0 bridgehead atoms. The lowest BCUT2D eigenvalue weighted by molar-refractivity contribution is -0.121. The normalized spacial score (nSPS) is 11.4. The van der Waals surface area contributed by atoms with E-state index in [1.165, 1.54) is 7.11 Å². The van der Waals surface area contributed by atoms with Crippen LogP contribution in [0.2, 0.25) is 5.02 Å². The molecule has 33 heavy (non-hydrogen) atoms. The molecule has 0 spiro atoms. The van der Waals surface area contributed by atoms with Crippen molar-refractivity contribution in [2.75, 3.05) is 13.7 Å². The Labute approximate surface area is 198 Å². The van der Waals surface area contributed by atoms with Gasteiger partial charge in [-0.25, -0.2) is 0 Å². The van der Waals surface area contributed by atoms with Gasteiger partial charge in [0, 0.05) is 12.1 Å². The summed E-state index contributed by atoms with van der Waals surface area (Å²) >= 11 is 6.32. The van der Waals surface area contributed by atoms with E-state index < -0.39 is 6.04 Å². The third-order valence-electron chi connectivity index (χ3n) is 5.00. The van der Waals surface area contributed by atoms with Crippen LogP contribution in [-0.2, 0) is 11.3 Å². The lowest BCUT2D eigenvalue weighted by atomic mass is 10.0. The summed E-state index contributed by atoms with van der Waals surface area (Å²) in [7, 11) is 1.54. The number of methoxy groups -OCH3 is 1. The molecule has 172 valence electrons. The molecule has 0 aliphatic rings. The van der Waals surface area contributed by atoms with Crippen LogP contribution in [0, 0.1) is 0 Å². The standard InChI is InChI=1S/C26H27ClN2O4/c1-3-33-25-21(27)14-18(15-23(25)32-2)17-28-24(30)16-22(19-10-6-4-7-11-19)29-26(31)20-12-8-5-9-13-20/h4-15,22H,3,16-17H2,1-2H3,(H,28,30)(H,29,31). The van der Waals surface area contributed by atoms with Gasteiger partial charge in [-0.2, -0.15) is 0 Å². The van der Waals surface area contributed by atoms with Crippen LogP contribution >= 0.6 is 11.6 Å². The molecule has 1 unspecified atom stereocenters. The van der Waals surface area contributed by atoms with Crippen LogP contribution in [0.25, 0.3) is 0 Å². The second kappa shape index (κ2) is 11.9. The minimum atomic E-state index is -0.475. The van der Waals surface area contributed by atoms with Crippen LogP contribution < -0.4 is 20.1 Å². The minimum absolute atomic E-state index is 0.0878. The van der Waals surface area contributed by atoms with Crippen molar-refractivity contribution in [2.24, 2.45) is 0 Å². The number of nitrogens with one attached hydrogen (secondary N) is 2. The van der Waals surface area contributed by atoms with E-state index in [4.69, 9.17) is 21.1 Å². The number of hydrogen-bond donors (Lipinski definition) is 2. The van der Waals surface area contributed by atoms with Crippen molar-refractivity contribution in [1.29, 1.82) is 0 Å². The number of rotatable bonds is 10. The summed E-state index contributed by atoms with van der Waals surface area (Å²) in [4.78, 5) is 25.5. The third-order valence-corrected chi connectivity index (χ3v) is 5.28. The van der Waals surface area contributed by atoms with Crippen molar-refractivity contribution in [2.45, 2.75) is 25.9 Å². The Morgan fingerprint density at radius 1 is 1.00 bits per heavy atom. The molecule has 0 aromatic heterocycles. The zero-order valence-corrected chi connectivity index (χ0v) is 19.4. The molecule has 0 fully saturated rings. The molecule has 0 saturated carbocycles. The summed E-state index contributed by atoms with van der Waals surface area (Å²) in [6.45, 7) is 2.58. The van der Waals surface area contributed by atoms with Crippen LogP contribution in [0.1, 0.15) is 40.9 Å². The quantitative estimate of drug-likeness (QED) is 0.444. The highest BCUT2D eigenvalue weighted by Gasteiger charge is 2.19. The molecule has 2 N–H and O–H groups in total. The monoisotopic (exact) mass is 466 g/mol. The lowest BCUT2D eigenvalue weighted by Crippen LogP contribution is -2.33.